The van der Waals surface area contributed by atoms with Crippen LogP contribution in [0, 0.1) is 11.2 Å². The molecular formula is C22H24F4N4O4. The van der Waals surface area contributed by atoms with Crippen LogP contribution >= 0.6 is 0 Å². The molecule has 2 atom stereocenters. The fourth-order valence-electron chi connectivity index (χ4n) is 4.39. The molecule has 1 aromatic heterocycles. The van der Waals surface area contributed by atoms with Gasteiger partial charge in [-0.1, -0.05) is 26.8 Å². The van der Waals surface area contributed by atoms with Crippen molar-refractivity contribution in [3.05, 3.63) is 47.7 Å². The average Bonchev–Trinajstić information content (AvgIpc) is 3.11. The van der Waals surface area contributed by atoms with Gasteiger partial charge in [0.2, 0.25) is 5.91 Å². The SMILES string of the molecule is CC(C)(C)[C@@]1(C(=O)NCc2ccc(F)c(-c3cnc(C(F)(F)F)cn3)c2)[C@H](O)CCN1C(=O)O. The number of hydrogen-bond acceptors (Lipinski definition) is 5. The Labute approximate surface area is 192 Å². The minimum absolute atomic E-state index is 0.0194. The van der Waals surface area contributed by atoms with Crippen molar-refractivity contribution in [2.45, 2.75) is 51.6 Å². The van der Waals surface area contributed by atoms with Crippen molar-refractivity contribution in [2.24, 2.45) is 5.41 Å². The number of aliphatic hydroxyl groups excluding tert-OH is 1. The lowest BCUT2D eigenvalue weighted by Crippen LogP contribution is -2.68. The number of benzene rings is 1. The lowest BCUT2D eigenvalue weighted by Gasteiger charge is -2.47. The van der Waals surface area contributed by atoms with E-state index < -0.39 is 46.7 Å². The highest BCUT2D eigenvalue weighted by atomic mass is 19.4. The predicted octanol–water partition coefficient (Wildman–Crippen LogP) is 3.45. The first-order chi connectivity index (χ1) is 15.7. The first-order valence-electron chi connectivity index (χ1n) is 10.3. The Kier molecular flexibility index (Phi) is 6.57. The standard InChI is InChI=1S/C22H24F4N4O4/c1-20(2,3)21(17(31)6-7-30(21)19(33)34)18(32)29-9-12-4-5-14(23)13(8-12)15-10-28-16(11-27-15)22(24,25)26/h4-5,8,10-11,17,31H,6-7,9H2,1-3H3,(H,29,32)(H,33,34)/t17-,21+/m1/s1. The molecule has 8 nitrogen and oxygen atoms in total. The van der Waals surface area contributed by atoms with Crippen molar-refractivity contribution in [3.8, 4) is 11.3 Å². The lowest BCUT2D eigenvalue weighted by atomic mass is 9.69. The highest BCUT2D eigenvalue weighted by Gasteiger charge is 2.62. The van der Waals surface area contributed by atoms with Crippen LogP contribution in [0.25, 0.3) is 11.3 Å². The number of carbonyl (C=O) groups is 2. The van der Waals surface area contributed by atoms with Crippen LogP contribution in [0.1, 0.15) is 38.4 Å². The van der Waals surface area contributed by atoms with Crippen molar-refractivity contribution < 1.29 is 37.4 Å². The van der Waals surface area contributed by atoms with E-state index in [2.05, 4.69) is 15.3 Å². The molecule has 0 unspecified atom stereocenters. The normalized spacial score (nSPS) is 20.9. The molecule has 0 bridgehead atoms. The zero-order valence-electron chi connectivity index (χ0n) is 18.6. The fourth-order valence-corrected chi connectivity index (χ4v) is 4.39. The average molecular weight is 484 g/mol. The molecular weight excluding hydrogens is 460 g/mol. The Hall–Kier alpha value is -3.28. The summed E-state index contributed by atoms with van der Waals surface area (Å²) in [6.07, 6.45) is -5.88. The van der Waals surface area contributed by atoms with Gasteiger partial charge in [0.15, 0.2) is 11.2 Å². The van der Waals surface area contributed by atoms with E-state index in [-0.39, 0.29) is 30.8 Å². The number of likely N-dealkylation sites (tertiary alicyclic amines) is 1. The Bertz CT molecular complexity index is 1090. The molecule has 1 aliphatic heterocycles. The molecule has 3 N–H and O–H groups in total. The molecule has 2 amide bonds. The molecule has 0 spiro atoms. The van der Waals surface area contributed by atoms with Crippen molar-refractivity contribution in [3.63, 3.8) is 0 Å². The Morgan fingerprint density at radius 3 is 2.41 bits per heavy atom. The van der Waals surface area contributed by atoms with Gasteiger partial charge in [0.05, 0.1) is 24.2 Å². The maximum atomic E-state index is 14.4. The molecule has 1 fully saturated rings. The van der Waals surface area contributed by atoms with Crippen molar-refractivity contribution in [2.75, 3.05) is 6.54 Å². The second kappa shape index (κ2) is 8.82. The zero-order chi connectivity index (χ0) is 25.5. The first kappa shape index (κ1) is 25.3. The molecule has 12 heteroatoms. The van der Waals surface area contributed by atoms with Crippen LogP contribution in [-0.2, 0) is 17.5 Å². The Balaban J connectivity index is 1.87. The summed E-state index contributed by atoms with van der Waals surface area (Å²) in [5, 5.41) is 22.9. The van der Waals surface area contributed by atoms with Gasteiger partial charge in [0.25, 0.3) is 0 Å². The second-order valence-corrected chi connectivity index (χ2v) is 9.04. The van der Waals surface area contributed by atoms with Gasteiger partial charge in [-0.3, -0.25) is 14.7 Å². The monoisotopic (exact) mass is 484 g/mol. The number of nitrogens with zero attached hydrogens (tertiary/aromatic N) is 3. The van der Waals surface area contributed by atoms with E-state index >= 15 is 0 Å². The molecule has 0 radical (unpaired) electrons. The second-order valence-electron chi connectivity index (χ2n) is 9.04. The van der Waals surface area contributed by atoms with Gasteiger partial charge >= 0.3 is 12.3 Å². The van der Waals surface area contributed by atoms with Gasteiger partial charge in [-0.2, -0.15) is 13.2 Å². The number of carboxylic acid groups (broad SMARTS) is 1. The molecule has 184 valence electrons. The van der Waals surface area contributed by atoms with Crippen LogP contribution in [0.5, 0.6) is 0 Å². The summed E-state index contributed by atoms with van der Waals surface area (Å²) < 4.78 is 52.5. The van der Waals surface area contributed by atoms with E-state index in [4.69, 9.17) is 0 Å². The summed E-state index contributed by atoms with van der Waals surface area (Å²) in [5.41, 5.74) is -3.80. The van der Waals surface area contributed by atoms with E-state index in [9.17, 15) is 37.4 Å². The minimum Gasteiger partial charge on any atom is -0.465 e. The van der Waals surface area contributed by atoms with Crippen LogP contribution in [0.3, 0.4) is 0 Å². The molecule has 1 aromatic carbocycles. The Morgan fingerprint density at radius 1 is 1.21 bits per heavy atom. The van der Waals surface area contributed by atoms with Gasteiger partial charge in [0.1, 0.15) is 5.82 Å². The van der Waals surface area contributed by atoms with Crippen molar-refractivity contribution in [1.82, 2.24) is 20.2 Å². The summed E-state index contributed by atoms with van der Waals surface area (Å²) in [5.74, 6) is -1.47. The maximum Gasteiger partial charge on any atom is 0.434 e. The van der Waals surface area contributed by atoms with Crippen molar-refractivity contribution >= 4 is 12.0 Å². The molecule has 2 heterocycles. The molecule has 2 aromatic rings. The van der Waals surface area contributed by atoms with Crippen LogP contribution in [0.2, 0.25) is 0 Å². The highest BCUT2D eigenvalue weighted by molar-refractivity contribution is 5.92. The first-order valence-corrected chi connectivity index (χ1v) is 10.3. The number of aliphatic hydroxyl groups is 1. The van der Waals surface area contributed by atoms with E-state index in [0.29, 0.717) is 11.8 Å². The predicted molar refractivity (Wildman–Crippen MR) is 112 cm³/mol. The third kappa shape index (κ3) is 4.41. The lowest BCUT2D eigenvalue weighted by molar-refractivity contribution is -0.145. The van der Waals surface area contributed by atoms with Crippen LogP contribution in [0.15, 0.2) is 30.6 Å². The van der Waals surface area contributed by atoms with E-state index in [1.807, 2.05) is 0 Å². The third-order valence-electron chi connectivity index (χ3n) is 5.96. The summed E-state index contributed by atoms with van der Waals surface area (Å²) in [6.45, 7) is 4.77. The van der Waals surface area contributed by atoms with Gasteiger partial charge in [-0.05, 0) is 29.5 Å². The smallest absolute Gasteiger partial charge is 0.434 e. The molecule has 0 aliphatic carbocycles. The maximum absolute atomic E-state index is 14.4. The molecule has 3 rings (SSSR count). The summed E-state index contributed by atoms with van der Waals surface area (Å²) in [4.78, 5) is 33.0. The molecule has 1 aliphatic rings. The van der Waals surface area contributed by atoms with E-state index in [1.54, 1.807) is 20.8 Å². The molecule has 1 saturated heterocycles. The fraction of sp³-hybridized carbons (Fsp3) is 0.455. The number of alkyl halides is 3. The van der Waals surface area contributed by atoms with Crippen LogP contribution in [0.4, 0.5) is 22.4 Å². The van der Waals surface area contributed by atoms with Gasteiger partial charge in [-0.15, -0.1) is 0 Å². The summed E-state index contributed by atoms with van der Waals surface area (Å²) in [7, 11) is 0. The van der Waals surface area contributed by atoms with E-state index in [0.717, 1.165) is 17.2 Å². The Morgan fingerprint density at radius 2 is 1.88 bits per heavy atom. The number of hydrogen-bond donors (Lipinski definition) is 3. The number of nitrogens with one attached hydrogen (secondary N) is 1. The quantitative estimate of drug-likeness (QED) is 0.573. The van der Waals surface area contributed by atoms with Gasteiger partial charge < -0.3 is 15.5 Å². The van der Waals surface area contributed by atoms with Crippen LogP contribution in [-0.4, -0.2) is 55.3 Å². The number of rotatable bonds is 4. The largest absolute Gasteiger partial charge is 0.465 e. The minimum atomic E-state index is -4.69. The zero-order valence-corrected chi connectivity index (χ0v) is 18.6. The summed E-state index contributed by atoms with van der Waals surface area (Å²) in [6, 6.07) is 3.74. The number of aromatic nitrogens is 2. The topological polar surface area (TPSA) is 116 Å². The number of amides is 2. The van der Waals surface area contributed by atoms with Gasteiger partial charge in [-0.25, -0.2) is 14.2 Å². The highest BCUT2D eigenvalue weighted by Crippen LogP contribution is 2.44. The molecule has 34 heavy (non-hydrogen) atoms. The number of carbonyl (C=O) groups excluding carboxylic acids is 1. The summed E-state index contributed by atoms with van der Waals surface area (Å²) >= 11 is 0. The van der Waals surface area contributed by atoms with Crippen LogP contribution < -0.4 is 5.32 Å². The van der Waals surface area contributed by atoms with Crippen molar-refractivity contribution in [1.29, 1.82) is 0 Å². The molecule has 0 saturated carbocycles. The number of halogens is 4. The third-order valence-corrected chi connectivity index (χ3v) is 5.96. The van der Waals surface area contributed by atoms with E-state index in [1.165, 1.54) is 12.1 Å². The van der Waals surface area contributed by atoms with Gasteiger partial charge in [0, 0.05) is 18.7 Å².